The minimum absolute atomic E-state index is 0.819. The van der Waals surface area contributed by atoms with E-state index in [1.165, 1.54) is 6.92 Å². The van der Waals surface area contributed by atoms with Crippen molar-refractivity contribution < 1.29 is 38.9 Å². The molecule has 2 atom stereocenters. The molecule has 7 N–H and O–H groups in total. The molecule has 0 fully saturated rings. The largest absolute Gasteiger partial charge is 0.389 e. The number of aliphatic hydroxyl groups is 2. The third-order valence-electron chi connectivity index (χ3n) is 1.74. The van der Waals surface area contributed by atoms with Gasteiger partial charge in [-0.25, -0.2) is 0 Å². The molecule has 0 amide bonds. The van der Waals surface area contributed by atoms with Crippen LogP contribution in [0.2, 0.25) is 0 Å². The Bertz CT molecular complexity index is 286. The van der Waals surface area contributed by atoms with Crippen LogP contribution in [0.3, 0.4) is 0 Å². The second-order valence-electron chi connectivity index (χ2n) is 3.25. The Morgan fingerprint density at radius 3 is 1.69 bits per heavy atom. The van der Waals surface area contributed by atoms with Crippen molar-refractivity contribution in [2.24, 2.45) is 0 Å². The van der Waals surface area contributed by atoms with Gasteiger partial charge in [-0.15, -0.1) is 0 Å². The van der Waals surface area contributed by atoms with Crippen LogP contribution in [-0.4, -0.2) is 54.1 Å². The minimum Gasteiger partial charge on any atom is -0.389 e. The Hall–Kier alpha value is 0.180. The number of hydrogen-bond acceptors (Lipinski definition) is 5. The second kappa shape index (κ2) is 5.68. The van der Waals surface area contributed by atoms with E-state index in [-0.39, 0.29) is 0 Å². The van der Waals surface area contributed by atoms with E-state index >= 15 is 0 Å². The first-order chi connectivity index (χ1) is 6.96. The average molecular weight is 279 g/mol. The highest BCUT2D eigenvalue weighted by Crippen LogP contribution is 2.59. The quantitative estimate of drug-likeness (QED) is 0.214. The van der Waals surface area contributed by atoms with E-state index in [9.17, 15) is 9.13 Å². The van der Waals surface area contributed by atoms with E-state index in [0.29, 0.717) is 0 Å². The molecule has 98 valence electrons. The van der Waals surface area contributed by atoms with Gasteiger partial charge in [-0.2, -0.15) is 0 Å². The summed E-state index contributed by atoms with van der Waals surface area (Å²) in [6, 6.07) is 0. The van der Waals surface area contributed by atoms with Crippen LogP contribution >= 0.6 is 15.2 Å². The van der Waals surface area contributed by atoms with Gasteiger partial charge in [-0.05, 0) is 6.92 Å². The summed E-state index contributed by atoms with van der Waals surface area (Å²) in [5.41, 5.74) is 0. The topological polar surface area (TPSA) is 168 Å². The average Bonchev–Trinajstić information content (AvgIpc) is 1.98. The smallest absolute Gasteiger partial charge is 0.342 e. The summed E-state index contributed by atoms with van der Waals surface area (Å²) in [6.07, 6.45) is -2.77. The zero-order valence-corrected chi connectivity index (χ0v) is 10.1. The van der Waals surface area contributed by atoms with Gasteiger partial charge >= 0.3 is 15.2 Å². The first-order valence-corrected chi connectivity index (χ1v) is 7.52. The first-order valence-electron chi connectivity index (χ1n) is 4.16. The molecule has 0 saturated carbocycles. The van der Waals surface area contributed by atoms with Crippen LogP contribution in [0, 0.1) is 0 Å². The SMILES string of the molecule is CC(O)C(O)NCC(P(=O)(O)O)P(=O)(O)O. The lowest BCUT2D eigenvalue weighted by molar-refractivity contribution is 0.00991. The highest BCUT2D eigenvalue weighted by Gasteiger charge is 2.43. The van der Waals surface area contributed by atoms with Gasteiger partial charge in [0.1, 0.15) is 6.23 Å². The first kappa shape index (κ1) is 16.2. The molecule has 0 aromatic rings. The summed E-state index contributed by atoms with van der Waals surface area (Å²) in [5.74, 6) is 0. The molecule has 11 heteroatoms. The van der Waals surface area contributed by atoms with E-state index in [4.69, 9.17) is 29.8 Å². The van der Waals surface area contributed by atoms with Crippen LogP contribution in [0.1, 0.15) is 6.92 Å². The van der Waals surface area contributed by atoms with Crippen LogP contribution in [-0.2, 0) is 9.13 Å². The van der Waals surface area contributed by atoms with Crippen LogP contribution in [0.5, 0.6) is 0 Å². The summed E-state index contributed by atoms with van der Waals surface area (Å²) >= 11 is 0. The highest BCUT2D eigenvalue weighted by molar-refractivity contribution is 7.70. The molecule has 0 aliphatic rings. The molecule has 9 nitrogen and oxygen atoms in total. The maximum absolute atomic E-state index is 10.8. The fourth-order valence-electron chi connectivity index (χ4n) is 0.830. The van der Waals surface area contributed by atoms with Gasteiger partial charge < -0.3 is 29.8 Å². The van der Waals surface area contributed by atoms with Crippen molar-refractivity contribution >= 4 is 15.2 Å². The van der Waals surface area contributed by atoms with E-state index in [2.05, 4.69) is 0 Å². The van der Waals surface area contributed by atoms with Gasteiger partial charge in [0.25, 0.3) is 0 Å². The normalized spacial score (nSPS) is 17.5. The van der Waals surface area contributed by atoms with Crippen LogP contribution in [0.25, 0.3) is 0 Å². The lowest BCUT2D eigenvalue weighted by Gasteiger charge is -2.22. The van der Waals surface area contributed by atoms with Crippen molar-refractivity contribution in [3.63, 3.8) is 0 Å². The van der Waals surface area contributed by atoms with E-state index in [1.807, 2.05) is 5.32 Å². The second-order valence-corrected chi connectivity index (χ2v) is 7.26. The summed E-state index contributed by atoms with van der Waals surface area (Å²) in [5, 5.41) is 17.7. The highest BCUT2D eigenvalue weighted by atomic mass is 31.2. The van der Waals surface area contributed by atoms with Crippen molar-refractivity contribution in [1.82, 2.24) is 5.32 Å². The van der Waals surface area contributed by atoms with Gasteiger partial charge in [0.15, 0.2) is 5.40 Å². The van der Waals surface area contributed by atoms with Crippen molar-refractivity contribution in [2.45, 2.75) is 24.7 Å². The number of rotatable bonds is 6. The predicted octanol–water partition coefficient (Wildman–Crippen LogP) is -2.04. The van der Waals surface area contributed by atoms with Crippen molar-refractivity contribution in [3.05, 3.63) is 0 Å². The molecule has 0 bridgehead atoms. The van der Waals surface area contributed by atoms with Crippen molar-refractivity contribution in [3.8, 4) is 0 Å². The fourth-order valence-corrected chi connectivity index (χ4v) is 3.08. The summed E-state index contributed by atoms with van der Waals surface area (Å²) in [6.45, 7) is 0.377. The maximum Gasteiger partial charge on any atom is 0.342 e. The third-order valence-corrected chi connectivity index (χ3v) is 5.47. The van der Waals surface area contributed by atoms with Crippen LogP contribution in [0.4, 0.5) is 0 Å². The molecule has 0 spiro atoms. The Morgan fingerprint density at radius 2 is 1.44 bits per heavy atom. The summed E-state index contributed by atoms with van der Waals surface area (Å²) < 4.78 is 21.6. The molecular weight excluding hydrogens is 264 g/mol. The maximum atomic E-state index is 10.8. The Labute approximate surface area is 91.4 Å². The summed E-state index contributed by atoms with van der Waals surface area (Å²) in [7, 11) is -10.0. The molecule has 2 unspecified atom stereocenters. The Balaban J connectivity index is 4.61. The molecule has 0 saturated heterocycles. The number of aliphatic hydroxyl groups excluding tert-OH is 2. The number of nitrogens with one attached hydrogen (secondary N) is 1. The third kappa shape index (κ3) is 5.49. The molecule has 0 heterocycles. The van der Waals surface area contributed by atoms with Gasteiger partial charge in [0, 0.05) is 6.54 Å². The molecule has 0 aromatic carbocycles. The predicted molar refractivity (Wildman–Crippen MR) is 53.6 cm³/mol. The van der Waals surface area contributed by atoms with Gasteiger partial charge in [0.05, 0.1) is 6.10 Å². The lowest BCUT2D eigenvalue weighted by Crippen LogP contribution is -2.41. The fraction of sp³-hybridized carbons (Fsp3) is 1.00. The van der Waals surface area contributed by atoms with E-state index in [1.54, 1.807) is 0 Å². The molecule has 0 aromatic heterocycles. The molecule has 16 heavy (non-hydrogen) atoms. The monoisotopic (exact) mass is 279 g/mol. The minimum atomic E-state index is -5.00. The lowest BCUT2D eigenvalue weighted by atomic mass is 10.3. The Morgan fingerprint density at radius 1 is 1.06 bits per heavy atom. The zero-order valence-electron chi connectivity index (χ0n) is 8.33. The zero-order chi connectivity index (χ0) is 13.1. The van der Waals surface area contributed by atoms with Crippen molar-refractivity contribution in [1.29, 1.82) is 0 Å². The van der Waals surface area contributed by atoms with Crippen molar-refractivity contribution in [2.75, 3.05) is 6.54 Å². The number of hydrogen-bond donors (Lipinski definition) is 7. The molecule has 0 rings (SSSR count). The molecule has 0 aliphatic heterocycles. The Kier molecular flexibility index (Phi) is 5.74. The van der Waals surface area contributed by atoms with Gasteiger partial charge in [-0.1, -0.05) is 0 Å². The standard InChI is InChI=1S/C5H15NO8P2/c1-3(7)5(8)6-2-4(15(9,10)11)16(12,13)14/h3-8H,2H2,1H3,(H2,9,10,11)(H2,12,13,14). The van der Waals surface area contributed by atoms with Gasteiger partial charge in [0.2, 0.25) is 0 Å². The van der Waals surface area contributed by atoms with Crippen LogP contribution < -0.4 is 5.32 Å². The van der Waals surface area contributed by atoms with Gasteiger partial charge in [-0.3, -0.25) is 14.4 Å². The molecule has 0 radical (unpaired) electrons. The summed E-state index contributed by atoms with van der Waals surface area (Å²) in [4.78, 5) is 34.8. The molecule has 0 aliphatic carbocycles. The van der Waals surface area contributed by atoms with Crippen LogP contribution in [0.15, 0.2) is 0 Å². The molecular formula is C5H15NO8P2. The van der Waals surface area contributed by atoms with E-state index < -0.39 is 39.5 Å². The van der Waals surface area contributed by atoms with E-state index in [0.717, 1.165) is 0 Å².